The number of rotatable bonds is 4. The second-order valence-electron chi connectivity index (χ2n) is 10.1. The third-order valence-corrected chi connectivity index (χ3v) is 7.12. The van der Waals surface area contributed by atoms with Crippen molar-refractivity contribution in [3.8, 4) is 27.9 Å². The minimum Gasteiger partial charge on any atom is -0.504 e. The van der Waals surface area contributed by atoms with Crippen molar-refractivity contribution >= 4 is 17.1 Å². The van der Waals surface area contributed by atoms with Crippen LogP contribution in [0, 0.1) is 40.1 Å². The van der Waals surface area contributed by atoms with Gasteiger partial charge in [-0.05, 0) is 55.9 Å². The van der Waals surface area contributed by atoms with Gasteiger partial charge in [-0.1, -0.05) is 72.3 Å². The van der Waals surface area contributed by atoms with Gasteiger partial charge in [0.05, 0.1) is 5.69 Å². The van der Waals surface area contributed by atoms with Gasteiger partial charge in [0.2, 0.25) is 0 Å². The van der Waals surface area contributed by atoms with E-state index >= 15 is 0 Å². The molecular weight excluding hydrogens is 705 g/mol. The van der Waals surface area contributed by atoms with Crippen molar-refractivity contribution in [2.24, 2.45) is 0 Å². The summed E-state index contributed by atoms with van der Waals surface area (Å²) in [6.07, 6.45) is 0. The first-order chi connectivity index (χ1) is 20.1. The summed E-state index contributed by atoms with van der Waals surface area (Å²) in [7, 11) is 2.07. The van der Waals surface area contributed by atoms with Gasteiger partial charge in [0.15, 0.2) is 0 Å². The SMILES string of the molecule is CN1[CH-]N(c2[c-]cc(-c3ccc(-c4ccccc4)cc3)cc2)c2ccccc21.Cc1cc(C)n(-c2[c-]cccc2)n1.[CH3-].[Ir]. The predicted octanol–water partition coefficient (Wildman–Crippen LogP) is 9.27. The Labute approximate surface area is 269 Å². The molecule has 0 aliphatic carbocycles. The van der Waals surface area contributed by atoms with E-state index in [1.165, 1.54) is 33.6 Å². The van der Waals surface area contributed by atoms with Crippen LogP contribution in [-0.4, -0.2) is 16.8 Å². The smallest absolute Gasteiger partial charge is 0.0600 e. The maximum atomic E-state index is 4.37. The molecule has 5 heteroatoms. The van der Waals surface area contributed by atoms with Crippen LogP contribution in [0.5, 0.6) is 0 Å². The van der Waals surface area contributed by atoms with Gasteiger partial charge in [-0.15, -0.1) is 23.4 Å². The Bertz CT molecular complexity index is 1730. The number of anilines is 3. The zero-order chi connectivity index (χ0) is 28.2. The number of benzene rings is 5. The third kappa shape index (κ3) is 6.97. The van der Waals surface area contributed by atoms with Gasteiger partial charge < -0.3 is 17.2 Å². The summed E-state index contributed by atoms with van der Waals surface area (Å²) in [6, 6.07) is 50.4. The Morgan fingerprint density at radius 2 is 1.23 bits per heavy atom. The fourth-order valence-corrected chi connectivity index (χ4v) is 5.08. The number of para-hydroxylation sites is 3. The largest absolute Gasteiger partial charge is 0.504 e. The molecule has 0 atom stereocenters. The van der Waals surface area contributed by atoms with E-state index in [9.17, 15) is 0 Å². The van der Waals surface area contributed by atoms with E-state index in [1.54, 1.807) is 0 Å². The van der Waals surface area contributed by atoms with E-state index in [0.29, 0.717) is 0 Å². The predicted molar refractivity (Wildman–Crippen MR) is 176 cm³/mol. The number of hydrogen-bond donors (Lipinski definition) is 0. The van der Waals surface area contributed by atoms with Gasteiger partial charge in [-0.2, -0.15) is 54.2 Å². The molecule has 0 fully saturated rings. The molecule has 4 nitrogen and oxygen atoms in total. The molecule has 0 saturated carbocycles. The van der Waals surface area contributed by atoms with Crippen molar-refractivity contribution in [1.82, 2.24) is 9.78 Å². The fraction of sp³-hybridized carbons (Fsp3) is 0.0789. The molecule has 0 unspecified atom stereocenters. The molecule has 0 N–H and O–H groups in total. The monoisotopic (exact) mass is 739 g/mol. The van der Waals surface area contributed by atoms with Crippen molar-refractivity contribution in [2.75, 3.05) is 16.8 Å². The molecule has 0 bridgehead atoms. The number of aryl methyl sites for hydroxylation is 2. The van der Waals surface area contributed by atoms with Gasteiger partial charge in [0, 0.05) is 37.2 Å². The summed E-state index contributed by atoms with van der Waals surface area (Å²) in [4.78, 5) is 4.32. The standard InChI is InChI=1S/C26H20N2.C11H11N2.CH3.Ir/c1-27-19-28(26-10-6-5-9-25(26)27)24-17-15-23(16-18-24)22-13-11-21(12-14-22)20-7-3-2-4-8-20;1-9-8-10(2)13(12-9)11-6-4-3-5-7-11;;/h2-17,19H,1H3;3-6,8H,1-2H3;1H3;/q-2;2*-1;. The number of fused-ring (bicyclic) bond motifs is 1. The zero-order valence-corrected chi connectivity index (χ0v) is 27.2. The van der Waals surface area contributed by atoms with Crippen molar-refractivity contribution < 1.29 is 20.1 Å². The normalized spacial score (nSPS) is 11.5. The Morgan fingerprint density at radius 1 is 0.628 bits per heavy atom. The van der Waals surface area contributed by atoms with Crippen LogP contribution in [0.25, 0.3) is 27.9 Å². The molecule has 0 saturated heterocycles. The number of nitrogens with zero attached hydrogens (tertiary/aromatic N) is 4. The first-order valence-electron chi connectivity index (χ1n) is 13.7. The van der Waals surface area contributed by atoms with Crippen molar-refractivity contribution in [3.63, 3.8) is 0 Å². The van der Waals surface area contributed by atoms with E-state index in [4.69, 9.17) is 0 Å². The molecule has 5 aromatic carbocycles. The third-order valence-electron chi connectivity index (χ3n) is 7.12. The molecule has 1 radical (unpaired) electrons. The van der Waals surface area contributed by atoms with E-state index in [2.05, 4.69) is 138 Å². The molecule has 1 aliphatic rings. The summed E-state index contributed by atoms with van der Waals surface area (Å²) >= 11 is 0. The molecule has 219 valence electrons. The Morgan fingerprint density at radius 3 is 1.84 bits per heavy atom. The van der Waals surface area contributed by atoms with Crippen LogP contribution in [0.1, 0.15) is 11.4 Å². The minimum absolute atomic E-state index is 0. The van der Waals surface area contributed by atoms with E-state index in [1.807, 2.05) is 48.9 Å². The summed E-state index contributed by atoms with van der Waals surface area (Å²) in [5, 5.41) is 4.37. The van der Waals surface area contributed by atoms with Crippen LogP contribution in [0.15, 0.2) is 127 Å². The van der Waals surface area contributed by atoms with Crippen molar-refractivity contribution in [2.45, 2.75) is 13.8 Å². The maximum Gasteiger partial charge on any atom is 0.0600 e. The summed E-state index contributed by atoms with van der Waals surface area (Å²) in [5.41, 5.74) is 11.4. The fourth-order valence-electron chi connectivity index (χ4n) is 5.08. The molecule has 43 heavy (non-hydrogen) atoms. The van der Waals surface area contributed by atoms with E-state index < -0.39 is 0 Å². The van der Waals surface area contributed by atoms with E-state index in [0.717, 1.165) is 22.8 Å². The summed E-state index contributed by atoms with van der Waals surface area (Å²) < 4.78 is 1.90. The molecule has 6 aromatic rings. The molecule has 1 aromatic heterocycles. The van der Waals surface area contributed by atoms with Gasteiger partial charge in [0.25, 0.3) is 0 Å². The van der Waals surface area contributed by atoms with Gasteiger partial charge >= 0.3 is 0 Å². The first kappa shape index (κ1) is 31.5. The van der Waals surface area contributed by atoms with Gasteiger partial charge in [-0.3, -0.25) is 4.68 Å². The Kier molecular flexibility index (Phi) is 10.4. The van der Waals surface area contributed by atoms with Gasteiger partial charge in [-0.25, -0.2) is 0 Å². The van der Waals surface area contributed by atoms with Crippen LogP contribution in [0.3, 0.4) is 0 Å². The molecule has 0 spiro atoms. The van der Waals surface area contributed by atoms with Crippen LogP contribution in [0.2, 0.25) is 0 Å². The van der Waals surface area contributed by atoms with Crippen molar-refractivity contribution in [3.05, 3.63) is 165 Å². The second kappa shape index (κ2) is 14.2. The van der Waals surface area contributed by atoms with E-state index in [-0.39, 0.29) is 27.5 Å². The molecular formula is C38H34IrN4-4. The number of hydrogen-bond acceptors (Lipinski definition) is 3. The average molecular weight is 739 g/mol. The Hall–Kier alpha value is -4.44. The van der Waals surface area contributed by atoms with Crippen LogP contribution in [0.4, 0.5) is 17.1 Å². The Balaban J connectivity index is 0.000000239. The maximum absolute atomic E-state index is 4.37. The number of aromatic nitrogens is 2. The zero-order valence-electron chi connectivity index (χ0n) is 24.8. The minimum atomic E-state index is 0. The second-order valence-corrected chi connectivity index (χ2v) is 10.1. The molecule has 7 rings (SSSR count). The average Bonchev–Trinajstić information content (AvgIpc) is 3.56. The summed E-state index contributed by atoms with van der Waals surface area (Å²) in [6.45, 7) is 6.14. The summed E-state index contributed by atoms with van der Waals surface area (Å²) in [5.74, 6) is 0. The van der Waals surface area contributed by atoms with Crippen LogP contribution >= 0.6 is 0 Å². The topological polar surface area (TPSA) is 24.3 Å². The molecule has 1 aliphatic heterocycles. The quantitative estimate of drug-likeness (QED) is 0.169. The van der Waals surface area contributed by atoms with Crippen molar-refractivity contribution in [1.29, 1.82) is 0 Å². The molecule has 2 heterocycles. The van der Waals surface area contributed by atoms with Crippen LogP contribution in [-0.2, 0) is 20.1 Å². The molecule has 0 amide bonds. The van der Waals surface area contributed by atoms with Crippen LogP contribution < -0.4 is 9.80 Å². The van der Waals surface area contributed by atoms with Gasteiger partial charge in [0.1, 0.15) is 0 Å². The first-order valence-corrected chi connectivity index (χ1v) is 13.7.